The molecule has 1 saturated heterocycles. The topological polar surface area (TPSA) is 57.1 Å². The van der Waals surface area contributed by atoms with Gasteiger partial charge in [0.25, 0.3) is 5.91 Å². The molecule has 7 heteroatoms. The lowest BCUT2D eigenvalue weighted by Crippen LogP contribution is -2.39. The average molecular weight is 539 g/mol. The van der Waals surface area contributed by atoms with E-state index in [9.17, 15) is 9.59 Å². The Hall–Kier alpha value is -4.13. The van der Waals surface area contributed by atoms with Crippen LogP contribution in [0.15, 0.2) is 67.0 Å². The molecule has 0 aliphatic carbocycles. The van der Waals surface area contributed by atoms with E-state index in [0.717, 1.165) is 49.0 Å². The average Bonchev–Trinajstić information content (AvgIpc) is 3.59. The van der Waals surface area contributed by atoms with E-state index in [1.54, 1.807) is 17.0 Å². The van der Waals surface area contributed by atoms with Crippen LogP contribution in [0.5, 0.6) is 0 Å². The maximum absolute atomic E-state index is 15.3. The highest BCUT2D eigenvalue weighted by Crippen LogP contribution is 2.33. The quantitative estimate of drug-likeness (QED) is 0.306. The first kappa shape index (κ1) is 26.1. The fourth-order valence-corrected chi connectivity index (χ4v) is 6.20. The third-order valence-corrected chi connectivity index (χ3v) is 8.51. The lowest BCUT2D eigenvalue weighted by atomic mass is 9.93. The molecule has 6 nitrogen and oxygen atoms in total. The molecule has 0 bridgehead atoms. The Morgan fingerprint density at radius 2 is 1.85 bits per heavy atom. The second-order valence-corrected chi connectivity index (χ2v) is 11.2. The molecule has 2 aliphatic rings. The largest absolute Gasteiger partial charge is 0.331 e. The highest BCUT2D eigenvalue weighted by Gasteiger charge is 2.29. The normalized spacial score (nSPS) is 18.7. The molecule has 4 aromatic rings. The van der Waals surface area contributed by atoms with Crippen molar-refractivity contribution in [3.8, 4) is 11.1 Å². The number of pyridine rings is 1. The summed E-state index contributed by atoms with van der Waals surface area (Å²) in [5, 5.41) is 2.83. The van der Waals surface area contributed by atoms with Crippen LogP contribution in [0, 0.1) is 11.7 Å². The summed E-state index contributed by atoms with van der Waals surface area (Å²) in [6.45, 7) is 8.40. The van der Waals surface area contributed by atoms with Gasteiger partial charge in [-0.05, 0) is 79.1 Å². The summed E-state index contributed by atoms with van der Waals surface area (Å²) in [4.78, 5) is 30.0. The molecule has 206 valence electrons. The van der Waals surface area contributed by atoms with Crippen molar-refractivity contribution in [1.82, 2.24) is 14.2 Å². The molecule has 2 aliphatic heterocycles. The highest BCUT2D eigenvalue weighted by molar-refractivity contribution is 5.95. The van der Waals surface area contributed by atoms with Gasteiger partial charge in [0, 0.05) is 54.4 Å². The summed E-state index contributed by atoms with van der Waals surface area (Å²) >= 11 is 0. The van der Waals surface area contributed by atoms with Crippen LogP contribution in [0.1, 0.15) is 60.3 Å². The second kappa shape index (κ2) is 10.5. The van der Waals surface area contributed by atoms with Gasteiger partial charge in [-0.1, -0.05) is 38.1 Å². The number of amides is 3. The van der Waals surface area contributed by atoms with Crippen molar-refractivity contribution in [1.29, 1.82) is 0 Å². The molecule has 0 unspecified atom stereocenters. The van der Waals surface area contributed by atoms with Gasteiger partial charge in [0.05, 0.1) is 11.6 Å². The molecule has 6 rings (SSSR count). The molecular weight excluding hydrogens is 503 g/mol. The number of urea groups is 1. The van der Waals surface area contributed by atoms with Crippen LogP contribution in [0.2, 0.25) is 0 Å². The first-order chi connectivity index (χ1) is 19.3. The van der Waals surface area contributed by atoms with Gasteiger partial charge >= 0.3 is 6.03 Å². The molecule has 2 atom stereocenters. The number of halogens is 1. The first-order valence-electron chi connectivity index (χ1n) is 14.2. The van der Waals surface area contributed by atoms with Gasteiger partial charge in [0.2, 0.25) is 0 Å². The molecule has 0 spiro atoms. The van der Waals surface area contributed by atoms with Crippen LogP contribution >= 0.6 is 0 Å². The Balaban J connectivity index is 1.26. The fraction of sp³-hybridized carbons (Fsp3) is 0.333. The molecular formula is C33H35FN4O2. The summed E-state index contributed by atoms with van der Waals surface area (Å²) in [5.74, 6) is 0.0869. The summed E-state index contributed by atoms with van der Waals surface area (Å²) in [6.07, 6.45) is 6.31. The van der Waals surface area contributed by atoms with Crippen molar-refractivity contribution in [3.63, 3.8) is 0 Å². The van der Waals surface area contributed by atoms with Crippen LogP contribution in [-0.4, -0.2) is 45.8 Å². The van der Waals surface area contributed by atoms with Crippen molar-refractivity contribution in [2.24, 2.45) is 5.92 Å². The predicted octanol–water partition coefficient (Wildman–Crippen LogP) is 6.94. The summed E-state index contributed by atoms with van der Waals surface area (Å²) < 4.78 is 17.3. The van der Waals surface area contributed by atoms with E-state index in [2.05, 4.69) is 44.3 Å². The van der Waals surface area contributed by atoms with E-state index in [1.165, 1.54) is 17.2 Å². The van der Waals surface area contributed by atoms with Crippen LogP contribution in [0.25, 0.3) is 16.6 Å². The number of fused-ring (bicyclic) bond motifs is 2. The Kier molecular flexibility index (Phi) is 6.82. The van der Waals surface area contributed by atoms with E-state index in [-0.39, 0.29) is 18.0 Å². The van der Waals surface area contributed by atoms with E-state index >= 15 is 4.39 Å². The number of aromatic nitrogens is 1. The zero-order chi connectivity index (χ0) is 28.0. The number of aryl methyl sites for hydroxylation is 1. The molecule has 2 aromatic carbocycles. The van der Waals surface area contributed by atoms with E-state index in [1.807, 2.05) is 39.9 Å². The Morgan fingerprint density at radius 3 is 2.60 bits per heavy atom. The highest BCUT2D eigenvalue weighted by atomic mass is 19.1. The smallest absolute Gasteiger partial charge is 0.321 e. The van der Waals surface area contributed by atoms with Gasteiger partial charge in [-0.25, -0.2) is 9.18 Å². The van der Waals surface area contributed by atoms with Gasteiger partial charge in [-0.2, -0.15) is 0 Å². The predicted molar refractivity (Wildman–Crippen MR) is 156 cm³/mol. The molecule has 0 saturated carbocycles. The molecule has 1 N–H and O–H groups in total. The SMILES string of the molecule is CCc1cc(C(=O)N2CCc3ccccc3[C@H]2C)cn2cc(-c3ccc(NC(=O)N4CC[C@@H](C)C4)cc3F)cc12. The monoisotopic (exact) mass is 538 g/mol. The molecule has 2 aromatic heterocycles. The summed E-state index contributed by atoms with van der Waals surface area (Å²) in [7, 11) is 0. The number of rotatable bonds is 4. The molecule has 40 heavy (non-hydrogen) atoms. The number of hydrogen-bond acceptors (Lipinski definition) is 2. The van der Waals surface area contributed by atoms with Crippen molar-refractivity contribution < 1.29 is 14.0 Å². The van der Waals surface area contributed by atoms with Gasteiger partial charge in [0.15, 0.2) is 0 Å². The van der Waals surface area contributed by atoms with E-state index < -0.39 is 5.82 Å². The number of nitrogens with one attached hydrogen (secondary N) is 1. The summed E-state index contributed by atoms with van der Waals surface area (Å²) in [5.41, 5.74) is 6.74. The minimum atomic E-state index is -0.404. The third kappa shape index (κ3) is 4.74. The van der Waals surface area contributed by atoms with Crippen molar-refractivity contribution in [3.05, 3.63) is 95.1 Å². The maximum atomic E-state index is 15.3. The van der Waals surface area contributed by atoms with Gasteiger partial charge in [-0.3, -0.25) is 4.79 Å². The summed E-state index contributed by atoms with van der Waals surface area (Å²) in [6, 6.07) is 16.9. The van der Waals surface area contributed by atoms with Crippen LogP contribution < -0.4 is 5.32 Å². The van der Waals surface area contributed by atoms with Crippen molar-refractivity contribution >= 4 is 23.1 Å². The number of nitrogens with zero attached hydrogens (tertiary/aromatic N) is 3. The molecule has 3 amide bonds. The minimum absolute atomic E-state index is 0.000387. The first-order valence-corrected chi connectivity index (χ1v) is 14.2. The van der Waals surface area contributed by atoms with E-state index in [4.69, 9.17) is 0 Å². The van der Waals surface area contributed by atoms with Crippen molar-refractivity contribution in [2.45, 2.75) is 46.1 Å². The van der Waals surface area contributed by atoms with Crippen LogP contribution in [0.4, 0.5) is 14.9 Å². The Bertz CT molecular complexity index is 1610. The fourth-order valence-electron chi connectivity index (χ4n) is 6.20. The third-order valence-electron chi connectivity index (χ3n) is 8.51. The van der Waals surface area contributed by atoms with Gasteiger partial charge < -0.3 is 19.5 Å². The number of carbonyl (C=O) groups is 2. The lowest BCUT2D eigenvalue weighted by Gasteiger charge is -2.35. The van der Waals surface area contributed by atoms with Crippen molar-refractivity contribution in [2.75, 3.05) is 25.0 Å². The number of hydrogen-bond donors (Lipinski definition) is 1. The van der Waals surface area contributed by atoms with E-state index in [0.29, 0.717) is 29.3 Å². The van der Waals surface area contributed by atoms with Crippen LogP contribution in [-0.2, 0) is 12.8 Å². The zero-order valence-electron chi connectivity index (χ0n) is 23.3. The second-order valence-electron chi connectivity index (χ2n) is 11.2. The Morgan fingerprint density at radius 1 is 1.02 bits per heavy atom. The maximum Gasteiger partial charge on any atom is 0.321 e. The number of carbonyl (C=O) groups excluding carboxylic acids is 2. The standard InChI is InChI=1S/C33H35FN4O2/c1-4-23-15-26(32(39)38-14-12-24-7-5-6-8-28(24)22(38)3)20-37-19-25(16-31(23)37)29-10-9-27(17-30(29)34)35-33(40)36-13-11-21(2)18-36/h5-10,15-17,19-22H,4,11-14,18H2,1-3H3,(H,35,40)/t21-,22-/m1/s1. The van der Waals surface area contributed by atoms with Gasteiger partial charge in [-0.15, -0.1) is 0 Å². The van der Waals surface area contributed by atoms with Gasteiger partial charge in [0.1, 0.15) is 5.82 Å². The number of benzene rings is 2. The number of anilines is 1. The Labute approximate surface area is 234 Å². The minimum Gasteiger partial charge on any atom is -0.331 e. The number of likely N-dealkylation sites (tertiary alicyclic amines) is 1. The van der Waals surface area contributed by atoms with Crippen LogP contribution in [0.3, 0.4) is 0 Å². The molecule has 0 radical (unpaired) electrons. The molecule has 1 fully saturated rings. The lowest BCUT2D eigenvalue weighted by molar-refractivity contribution is 0.0677. The molecule has 4 heterocycles. The zero-order valence-corrected chi connectivity index (χ0v) is 23.3.